The first-order valence-corrected chi connectivity index (χ1v) is 8.99. The lowest BCUT2D eigenvalue weighted by molar-refractivity contribution is 0.0735. The molecule has 0 bridgehead atoms. The molecule has 2 heterocycles. The van der Waals surface area contributed by atoms with E-state index in [0.29, 0.717) is 13.2 Å². The largest absolute Gasteiger partial charge is 0.490 e. The number of amides is 1. The standard InChI is InChI=1S/C21H23NO3/c1-15-5-7-16(8-6-15)21(23)22-11-2-4-18(22)17-9-10-19-20(14-17)25-13-3-12-24-19/h5-10,14,18H,2-4,11-13H2,1H3. The number of rotatable bonds is 2. The van der Waals surface area contributed by atoms with Crippen molar-refractivity contribution in [3.8, 4) is 11.5 Å². The van der Waals surface area contributed by atoms with Gasteiger partial charge in [0.25, 0.3) is 5.91 Å². The maximum absolute atomic E-state index is 13.0. The molecule has 1 amide bonds. The number of aryl methyl sites for hydroxylation is 1. The van der Waals surface area contributed by atoms with E-state index in [1.165, 1.54) is 0 Å². The Bertz CT molecular complexity index is 769. The van der Waals surface area contributed by atoms with Gasteiger partial charge >= 0.3 is 0 Å². The third kappa shape index (κ3) is 3.21. The van der Waals surface area contributed by atoms with Gasteiger partial charge in [0.15, 0.2) is 11.5 Å². The summed E-state index contributed by atoms with van der Waals surface area (Å²) in [5.41, 5.74) is 3.05. The minimum atomic E-state index is 0.103. The second-order valence-electron chi connectivity index (χ2n) is 6.78. The van der Waals surface area contributed by atoms with Gasteiger partial charge in [0.05, 0.1) is 19.3 Å². The van der Waals surface area contributed by atoms with E-state index in [-0.39, 0.29) is 11.9 Å². The molecule has 0 aromatic heterocycles. The SMILES string of the molecule is Cc1ccc(C(=O)N2CCCC2c2ccc3c(c2)OCCCO3)cc1. The monoisotopic (exact) mass is 337 g/mol. The number of fused-ring (bicyclic) bond motifs is 1. The minimum absolute atomic E-state index is 0.103. The Morgan fingerprint density at radius 3 is 2.56 bits per heavy atom. The molecule has 1 saturated heterocycles. The lowest BCUT2D eigenvalue weighted by Gasteiger charge is -2.26. The highest BCUT2D eigenvalue weighted by Gasteiger charge is 2.31. The first-order chi connectivity index (χ1) is 12.2. The molecule has 4 nitrogen and oxygen atoms in total. The number of likely N-dealkylation sites (tertiary alicyclic amines) is 1. The van der Waals surface area contributed by atoms with Crippen LogP contribution < -0.4 is 9.47 Å². The van der Waals surface area contributed by atoms with E-state index in [0.717, 1.165) is 54.0 Å². The van der Waals surface area contributed by atoms with Crippen molar-refractivity contribution in [1.29, 1.82) is 0 Å². The van der Waals surface area contributed by atoms with Crippen LogP contribution in [0.2, 0.25) is 0 Å². The summed E-state index contributed by atoms with van der Waals surface area (Å²) in [6.45, 7) is 4.19. The van der Waals surface area contributed by atoms with Crippen LogP contribution >= 0.6 is 0 Å². The van der Waals surface area contributed by atoms with Gasteiger partial charge < -0.3 is 14.4 Å². The molecule has 25 heavy (non-hydrogen) atoms. The number of carbonyl (C=O) groups excluding carboxylic acids is 1. The molecule has 1 unspecified atom stereocenters. The van der Waals surface area contributed by atoms with E-state index in [4.69, 9.17) is 9.47 Å². The molecule has 1 atom stereocenters. The van der Waals surface area contributed by atoms with Crippen molar-refractivity contribution in [2.45, 2.75) is 32.2 Å². The first kappa shape index (κ1) is 16.0. The Morgan fingerprint density at radius 1 is 1.00 bits per heavy atom. The van der Waals surface area contributed by atoms with Crippen molar-refractivity contribution in [1.82, 2.24) is 4.90 Å². The van der Waals surface area contributed by atoms with Gasteiger partial charge in [0.2, 0.25) is 0 Å². The van der Waals surface area contributed by atoms with Crippen molar-refractivity contribution in [3.05, 3.63) is 59.2 Å². The number of nitrogens with zero attached hydrogens (tertiary/aromatic N) is 1. The van der Waals surface area contributed by atoms with Crippen molar-refractivity contribution in [2.75, 3.05) is 19.8 Å². The number of hydrogen-bond acceptors (Lipinski definition) is 3. The molecular formula is C21H23NO3. The highest BCUT2D eigenvalue weighted by Crippen LogP contribution is 2.38. The first-order valence-electron chi connectivity index (χ1n) is 8.99. The fourth-order valence-electron chi connectivity index (χ4n) is 3.61. The molecule has 0 aliphatic carbocycles. The van der Waals surface area contributed by atoms with Crippen LogP contribution in [0.5, 0.6) is 11.5 Å². The Labute approximate surface area is 148 Å². The molecule has 0 N–H and O–H groups in total. The van der Waals surface area contributed by atoms with Crippen LogP contribution in [0.4, 0.5) is 0 Å². The number of hydrogen-bond donors (Lipinski definition) is 0. The maximum atomic E-state index is 13.0. The van der Waals surface area contributed by atoms with E-state index in [1.54, 1.807) is 0 Å². The zero-order valence-electron chi connectivity index (χ0n) is 14.5. The van der Waals surface area contributed by atoms with E-state index in [1.807, 2.05) is 48.2 Å². The fraction of sp³-hybridized carbons (Fsp3) is 0.381. The number of carbonyl (C=O) groups is 1. The molecule has 0 radical (unpaired) electrons. The van der Waals surface area contributed by atoms with Crippen molar-refractivity contribution < 1.29 is 14.3 Å². The van der Waals surface area contributed by atoms with Crippen LogP contribution in [0.3, 0.4) is 0 Å². The molecule has 2 aliphatic rings. The summed E-state index contributed by atoms with van der Waals surface area (Å²) < 4.78 is 11.5. The van der Waals surface area contributed by atoms with Crippen molar-refractivity contribution in [3.63, 3.8) is 0 Å². The summed E-state index contributed by atoms with van der Waals surface area (Å²) in [5, 5.41) is 0. The van der Waals surface area contributed by atoms with Crippen molar-refractivity contribution in [2.24, 2.45) is 0 Å². The van der Waals surface area contributed by atoms with Gasteiger partial charge in [0.1, 0.15) is 0 Å². The Hall–Kier alpha value is -2.49. The predicted molar refractivity (Wildman–Crippen MR) is 96.2 cm³/mol. The predicted octanol–water partition coefficient (Wildman–Crippen LogP) is 4.13. The van der Waals surface area contributed by atoms with E-state index in [9.17, 15) is 4.79 Å². The van der Waals surface area contributed by atoms with Gasteiger partial charge in [-0.3, -0.25) is 4.79 Å². The third-order valence-corrected chi connectivity index (χ3v) is 4.97. The quantitative estimate of drug-likeness (QED) is 0.827. The second-order valence-corrected chi connectivity index (χ2v) is 6.78. The zero-order chi connectivity index (χ0) is 17.2. The Morgan fingerprint density at radius 2 is 1.76 bits per heavy atom. The third-order valence-electron chi connectivity index (χ3n) is 4.97. The highest BCUT2D eigenvalue weighted by atomic mass is 16.5. The van der Waals surface area contributed by atoms with Gasteiger partial charge in [-0.25, -0.2) is 0 Å². The summed E-state index contributed by atoms with van der Waals surface area (Å²) in [6, 6.07) is 14.0. The Balaban J connectivity index is 1.60. The molecule has 0 spiro atoms. The van der Waals surface area contributed by atoms with Crippen LogP contribution in [-0.2, 0) is 0 Å². The Kier molecular flexibility index (Phi) is 4.35. The van der Waals surface area contributed by atoms with Crippen LogP contribution in [-0.4, -0.2) is 30.6 Å². The molecule has 4 heteroatoms. The second kappa shape index (κ2) is 6.79. The molecule has 0 saturated carbocycles. The summed E-state index contributed by atoms with van der Waals surface area (Å²) in [6.07, 6.45) is 2.90. The molecule has 2 aromatic rings. The average Bonchev–Trinajstić information content (AvgIpc) is 3.00. The summed E-state index contributed by atoms with van der Waals surface area (Å²) >= 11 is 0. The van der Waals surface area contributed by atoms with Crippen LogP contribution in [0, 0.1) is 6.92 Å². The number of benzene rings is 2. The molecule has 2 aromatic carbocycles. The van der Waals surface area contributed by atoms with Gasteiger partial charge in [-0.15, -0.1) is 0 Å². The zero-order valence-corrected chi connectivity index (χ0v) is 14.5. The van der Waals surface area contributed by atoms with Gasteiger partial charge in [-0.2, -0.15) is 0 Å². The average molecular weight is 337 g/mol. The molecule has 4 rings (SSSR count). The van der Waals surface area contributed by atoms with Crippen LogP contribution in [0.15, 0.2) is 42.5 Å². The van der Waals surface area contributed by atoms with Gasteiger partial charge in [0, 0.05) is 18.5 Å². The summed E-state index contributed by atoms with van der Waals surface area (Å²) in [5.74, 6) is 1.70. The van der Waals surface area contributed by atoms with Crippen LogP contribution in [0.25, 0.3) is 0 Å². The topological polar surface area (TPSA) is 38.8 Å². The van der Waals surface area contributed by atoms with Crippen molar-refractivity contribution >= 4 is 5.91 Å². The van der Waals surface area contributed by atoms with Crippen LogP contribution in [0.1, 0.15) is 46.8 Å². The molecule has 130 valence electrons. The number of ether oxygens (including phenoxy) is 2. The van der Waals surface area contributed by atoms with E-state index < -0.39 is 0 Å². The minimum Gasteiger partial charge on any atom is -0.490 e. The lowest BCUT2D eigenvalue weighted by Crippen LogP contribution is -2.30. The van der Waals surface area contributed by atoms with Gasteiger partial charge in [-0.05, 0) is 49.6 Å². The normalized spacial score (nSPS) is 19.6. The smallest absolute Gasteiger partial charge is 0.254 e. The molecular weight excluding hydrogens is 314 g/mol. The van der Waals surface area contributed by atoms with Gasteiger partial charge in [-0.1, -0.05) is 23.8 Å². The summed E-state index contributed by atoms with van der Waals surface area (Å²) in [4.78, 5) is 14.9. The highest BCUT2D eigenvalue weighted by molar-refractivity contribution is 5.94. The lowest BCUT2D eigenvalue weighted by atomic mass is 10.0. The fourth-order valence-corrected chi connectivity index (χ4v) is 3.61. The maximum Gasteiger partial charge on any atom is 0.254 e. The molecule has 2 aliphatic heterocycles. The van der Waals surface area contributed by atoms with E-state index in [2.05, 4.69) is 6.07 Å². The molecule has 1 fully saturated rings. The summed E-state index contributed by atoms with van der Waals surface area (Å²) in [7, 11) is 0. The van der Waals surface area contributed by atoms with E-state index >= 15 is 0 Å².